The molecule has 0 aliphatic carbocycles. The second kappa shape index (κ2) is 14.0. The molecule has 1 unspecified atom stereocenters. The van der Waals surface area contributed by atoms with Crippen molar-refractivity contribution in [3.63, 3.8) is 0 Å². The maximum Gasteiger partial charge on any atom is 0.242 e. The van der Waals surface area contributed by atoms with Crippen molar-refractivity contribution in [2.75, 3.05) is 23.7 Å². The van der Waals surface area contributed by atoms with E-state index in [2.05, 4.69) is 5.32 Å². The molecule has 0 saturated carbocycles. The SMILES string of the molecule is CCC(C(=O)NCC(C)C)N(Cc1ccc(Cl)cc1)C(=O)CCCN(c1cccc(Cl)c1C)S(C)(=O)=O. The molecule has 2 aromatic rings. The maximum absolute atomic E-state index is 13.5. The van der Waals surface area contributed by atoms with Gasteiger partial charge in [0.15, 0.2) is 0 Å². The predicted octanol–water partition coefficient (Wildman–Crippen LogP) is 5.43. The normalized spacial score (nSPS) is 12.3. The molecule has 204 valence electrons. The van der Waals surface area contributed by atoms with E-state index in [1.807, 2.05) is 32.9 Å². The first-order valence-electron chi connectivity index (χ1n) is 12.4. The third-order valence-electron chi connectivity index (χ3n) is 6.00. The smallest absolute Gasteiger partial charge is 0.242 e. The number of sulfonamides is 1. The number of rotatable bonds is 13. The molecule has 0 heterocycles. The molecule has 10 heteroatoms. The lowest BCUT2D eigenvalue weighted by atomic mass is 10.1. The summed E-state index contributed by atoms with van der Waals surface area (Å²) >= 11 is 12.2. The van der Waals surface area contributed by atoms with Crippen LogP contribution in [0.25, 0.3) is 0 Å². The van der Waals surface area contributed by atoms with Gasteiger partial charge in [-0.05, 0) is 61.1 Å². The molecule has 7 nitrogen and oxygen atoms in total. The van der Waals surface area contributed by atoms with Gasteiger partial charge in [0.05, 0.1) is 11.9 Å². The number of hydrogen-bond donors (Lipinski definition) is 1. The van der Waals surface area contributed by atoms with E-state index in [9.17, 15) is 18.0 Å². The van der Waals surface area contributed by atoms with Gasteiger partial charge in [0, 0.05) is 36.1 Å². The van der Waals surface area contributed by atoms with Crippen molar-refractivity contribution < 1.29 is 18.0 Å². The summed E-state index contributed by atoms with van der Waals surface area (Å²) in [6, 6.07) is 11.6. The van der Waals surface area contributed by atoms with Crippen LogP contribution in [0.15, 0.2) is 42.5 Å². The van der Waals surface area contributed by atoms with Crippen molar-refractivity contribution in [1.29, 1.82) is 0 Å². The summed E-state index contributed by atoms with van der Waals surface area (Å²) < 4.78 is 26.4. The average Bonchev–Trinajstić information content (AvgIpc) is 2.82. The van der Waals surface area contributed by atoms with Crippen LogP contribution >= 0.6 is 23.2 Å². The van der Waals surface area contributed by atoms with Crippen molar-refractivity contribution in [2.45, 2.75) is 59.5 Å². The van der Waals surface area contributed by atoms with Gasteiger partial charge in [-0.25, -0.2) is 8.42 Å². The molecule has 0 saturated heterocycles. The third-order valence-corrected chi connectivity index (χ3v) is 7.84. The fourth-order valence-electron chi connectivity index (χ4n) is 3.98. The van der Waals surface area contributed by atoms with Gasteiger partial charge in [0.2, 0.25) is 21.8 Å². The highest BCUT2D eigenvalue weighted by atomic mass is 35.5. The van der Waals surface area contributed by atoms with E-state index in [0.29, 0.717) is 34.3 Å². The van der Waals surface area contributed by atoms with Gasteiger partial charge in [-0.15, -0.1) is 0 Å². The van der Waals surface area contributed by atoms with Crippen molar-refractivity contribution in [3.05, 3.63) is 63.6 Å². The number of anilines is 1. The van der Waals surface area contributed by atoms with Crippen molar-refractivity contribution in [3.8, 4) is 0 Å². The van der Waals surface area contributed by atoms with Crippen molar-refractivity contribution >= 4 is 50.7 Å². The summed E-state index contributed by atoms with van der Waals surface area (Å²) in [6.45, 7) is 8.51. The van der Waals surface area contributed by atoms with Crippen LogP contribution in [0.4, 0.5) is 5.69 Å². The highest BCUT2D eigenvalue weighted by Crippen LogP contribution is 2.28. The van der Waals surface area contributed by atoms with Gasteiger partial charge in [-0.2, -0.15) is 0 Å². The molecule has 37 heavy (non-hydrogen) atoms. The first-order chi connectivity index (χ1) is 17.3. The highest BCUT2D eigenvalue weighted by Gasteiger charge is 2.29. The van der Waals surface area contributed by atoms with Crippen LogP contribution in [0.5, 0.6) is 0 Å². The molecule has 0 fully saturated rings. The van der Waals surface area contributed by atoms with E-state index in [-0.39, 0.29) is 43.7 Å². The van der Waals surface area contributed by atoms with E-state index in [0.717, 1.165) is 11.8 Å². The number of hydrogen-bond acceptors (Lipinski definition) is 4. The van der Waals surface area contributed by atoms with Gasteiger partial charge < -0.3 is 10.2 Å². The maximum atomic E-state index is 13.5. The monoisotopic (exact) mass is 569 g/mol. The van der Waals surface area contributed by atoms with Crippen LogP contribution < -0.4 is 9.62 Å². The molecular weight excluding hydrogens is 533 g/mol. The second-order valence-electron chi connectivity index (χ2n) is 9.53. The Morgan fingerprint density at radius 1 is 1.05 bits per heavy atom. The zero-order valence-corrected chi connectivity index (χ0v) is 24.5. The minimum absolute atomic E-state index is 0.0766. The molecule has 0 radical (unpaired) electrons. The molecule has 0 aliphatic heterocycles. The Labute approximate surface area is 231 Å². The number of halogens is 2. The van der Waals surface area contributed by atoms with E-state index in [1.54, 1.807) is 42.2 Å². The summed E-state index contributed by atoms with van der Waals surface area (Å²) in [7, 11) is -3.60. The summed E-state index contributed by atoms with van der Waals surface area (Å²) in [5.74, 6) is -0.151. The Morgan fingerprint density at radius 2 is 1.70 bits per heavy atom. The van der Waals surface area contributed by atoms with Crippen LogP contribution in [-0.2, 0) is 26.2 Å². The number of benzene rings is 2. The Morgan fingerprint density at radius 3 is 2.27 bits per heavy atom. The molecule has 2 rings (SSSR count). The largest absolute Gasteiger partial charge is 0.354 e. The molecule has 2 aromatic carbocycles. The lowest BCUT2D eigenvalue weighted by molar-refractivity contribution is -0.141. The topological polar surface area (TPSA) is 86.8 Å². The Hall–Kier alpha value is -2.29. The number of carbonyl (C=O) groups excluding carboxylic acids is 2. The fourth-order valence-corrected chi connectivity index (χ4v) is 5.29. The molecule has 0 aliphatic rings. The molecule has 1 atom stereocenters. The van der Waals surface area contributed by atoms with E-state index < -0.39 is 16.1 Å². The lowest BCUT2D eigenvalue weighted by Crippen LogP contribution is -2.49. The number of nitrogens with one attached hydrogen (secondary N) is 1. The quantitative estimate of drug-likeness (QED) is 0.348. The van der Waals surface area contributed by atoms with Crippen LogP contribution in [0, 0.1) is 12.8 Å². The molecule has 2 amide bonds. The zero-order chi connectivity index (χ0) is 27.8. The summed E-state index contributed by atoms with van der Waals surface area (Å²) in [5.41, 5.74) is 1.98. The Balaban J connectivity index is 2.24. The van der Waals surface area contributed by atoms with Gasteiger partial charge >= 0.3 is 0 Å². The summed E-state index contributed by atoms with van der Waals surface area (Å²) in [4.78, 5) is 28.1. The minimum atomic E-state index is -3.60. The first kappa shape index (κ1) is 30.9. The predicted molar refractivity (Wildman–Crippen MR) is 152 cm³/mol. The van der Waals surface area contributed by atoms with E-state index in [1.165, 1.54) is 4.31 Å². The lowest BCUT2D eigenvalue weighted by Gasteiger charge is -2.31. The zero-order valence-electron chi connectivity index (χ0n) is 22.1. The van der Waals surface area contributed by atoms with Crippen LogP contribution in [0.3, 0.4) is 0 Å². The van der Waals surface area contributed by atoms with Gasteiger partial charge in [0.25, 0.3) is 0 Å². The molecule has 0 bridgehead atoms. The highest BCUT2D eigenvalue weighted by molar-refractivity contribution is 7.92. The number of nitrogens with zero attached hydrogens (tertiary/aromatic N) is 2. The standard InChI is InChI=1S/C27H37Cl2N3O4S/c1-6-24(27(34)30-17-19(2)3)31(18-21-12-14-22(28)15-13-21)26(33)11-8-16-32(37(5,35)36)25-10-7-9-23(29)20(25)4/h7,9-10,12-15,19,24H,6,8,11,16-18H2,1-5H3,(H,30,34). The molecule has 0 spiro atoms. The number of carbonyl (C=O) groups is 2. The number of amides is 2. The van der Waals surface area contributed by atoms with Crippen LogP contribution in [0.2, 0.25) is 10.0 Å². The fraction of sp³-hybridized carbons (Fsp3) is 0.481. The molecule has 1 N–H and O–H groups in total. The van der Waals surface area contributed by atoms with E-state index >= 15 is 0 Å². The summed E-state index contributed by atoms with van der Waals surface area (Å²) in [5, 5.41) is 3.99. The van der Waals surface area contributed by atoms with Crippen molar-refractivity contribution in [2.24, 2.45) is 5.92 Å². The first-order valence-corrected chi connectivity index (χ1v) is 15.0. The third kappa shape index (κ3) is 9.20. The Kier molecular flexibility index (Phi) is 11.7. The van der Waals surface area contributed by atoms with Crippen molar-refractivity contribution in [1.82, 2.24) is 10.2 Å². The molecule has 0 aromatic heterocycles. The molecular formula is C27H37Cl2N3O4S. The van der Waals surface area contributed by atoms with Crippen LogP contribution in [0.1, 0.15) is 51.2 Å². The van der Waals surface area contributed by atoms with Gasteiger partial charge in [-0.3, -0.25) is 13.9 Å². The van der Waals surface area contributed by atoms with Gasteiger partial charge in [-0.1, -0.05) is 62.2 Å². The second-order valence-corrected chi connectivity index (χ2v) is 12.3. The summed E-state index contributed by atoms with van der Waals surface area (Å²) in [6.07, 6.45) is 1.93. The van der Waals surface area contributed by atoms with Crippen LogP contribution in [-0.4, -0.2) is 50.5 Å². The van der Waals surface area contributed by atoms with Gasteiger partial charge in [0.1, 0.15) is 6.04 Å². The average molecular weight is 571 g/mol. The Bertz CT molecular complexity index is 1170. The van der Waals surface area contributed by atoms with E-state index in [4.69, 9.17) is 23.2 Å². The minimum Gasteiger partial charge on any atom is -0.354 e.